The van der Waals surface area contributed by atoms with Gasteiger partial charge in [0.15, 0.2) is 0 Å². The Morgan fingerprint density at radius 2 is 2.14 bits per heavy atom. The van der Waals surface area contributed by atoms with Crippen molar-refractivity contribution in [3.63, 3.8) is 0 Å². The summed E-state index contributed by atoms with van der Waals surface area (Å²) < 4.78 is 0. The predicted octanol–water partition coefficient (Wildman–Crippen LogP) is 2.28. The van der Waals surface area contributed by atoms with Crippen LogP contribution in [0.1, 0.15) is 24.2 Å². The van der Waals surface area contributed by atoms with Gasteiger partial charge in [0, 0.05) is 5.88 Å². The summed E-state index contributed by atoms with van der Waals surface area (Å²) in [6.45, 7) is 3.92. The summed E-state index contributed by atoms with van der Waals surface area (Å²) in [6, 6.07) is 0. The summed E-state index contributed by atoms with van der Waals surface area (Å²) in [5.41, 5.74) is 2.05. The van der Waals surface area contributed by atoms with Gasteiger partial charge in [-0.1, -0.05) is 0 Å². The minimum Gasteiger partial charge on any atom is -0.362 e. The molecule has 0 saturated heterocycles. The maximum atomic E-state index is 5.87. The first kappa shape index (κ1) is 9.71. The summed E-state index contributed by atoms with van der Waals surface area (Å²) >= 11 is 5.87. The van der Waals surface area contributed by atoms with Crippen molar-refractivity contribution in [3.8, 4) is 0 Å². The zero-order valence-electron chi connectivity index (χ0n) is 8.47. The van der Waals surface area contributed by atoms with Crippen LogP contribution in [0.4, 0.5) is 5.82 Å². The van der Waals surface area contributed by atoms with Crippen molar-refractivity contribution < 1.29 is 0 Å². The zero-order chi connectivity index (χ0) is 10.2. The average Bonchev–Trinajstić information content (AvgIpc) is 2.93. The maximum Gasteiger partial charge on any atom is 0.145 e. The zero-order valence-corrected chi connectivity index (χ0v) is 9.23. The van der Waals surface area contributed by atoms with Crippen molar-refractivity contribution in [2.45, 2.75) is 32.2 Å². The molecular formula is C10H14ClN3. The molecule has 1 saturated carbocycles. The van der Waals surface area contributed by atoms with Crippen LogP contribution in [0.3, 0.4) is 0 Å². The Morgan fingerprint density at radius 1 is 1.43 bits per heavy atom. The van der Waals surface area contributed by atoms with Gasteiger partial charge in [-0.3, -0.25) is 4.98 Å². The lowest BCUT2D eigenvalue weighted by molar-refractivity contribution is 0.823. The normalized spacial score (nSPS) is 17.9. The number of aromatic nitrogens is 2. The van der Waals surface area contributed by atoms with E-state index in [1.54, 1.807) is 6.20 Å². The SMILES string of the molecule is Cc1ncc(NC2(CCl)CC2)nc1C. The van der Waals surface area contributed by atoms with Crippen LogP contribution < -0.4 is 5.32 Å². The number of halogens is 1. The first-order valence-electron chi connectivity index (χ1n) is 4.80. The second-order valence-corrected chi connectivity index (χ2v) is 4.23. The van der Waals surface area contributed by atoms with E-state index in [0.29, 0.717) is 5.88 Å². The van der Waals surface area contributed by atoms with Gasteiger partial charge in [-0.05, 0) is 26.7 Å². The van der Waals surface area contributed by atoms with Crippen LogP contribution in [0.25, 0.3) is 0 Å². The first-order valence-corrected chi connectivity index (χ1v) is 5.33. The van der Waals surface area contributed by atoms with Crippen LogP contribution in [0.2, 0.25) is 0 Å². The molecule has 1 aromatic rings. The van der Waals surface area contributed by atoms with E-state index in [4.69, 9.17) is 11.6 Å². The summed E-state index contributed by atoms with van der Waals surface area (Å²) in [6.07, 6.45) is 4.03. The number of nitrogens with zero attached hydrogens (tertiary/aromatic N) is 2. The number of anilines is 1. The number of nitrogens with one attached hydrogen (secondary N) is 1. The molecule has 0 unspecified atom stereocenters. The lowest BCUT2D eigenvalue weighted by Gasteiger charge is -2.14. The van der Waals surface area contributed by atoms with Crippen LogP contribution in [-0.4, -0.2) is 21.4 Å². The van der Waals surface area contributed by atoms with E-state index in [0.717, 1.165) is 30.0 Å². The lowest BCUT2D eigenvalue weighted by atomic mass is 10.3. The van der Waals surface area contributed by atoms with Crippen molar-refractivity contribution >= 4 is 17.4 Å². The molecule has 4 heteroatoms. The van der Waals surface area contributed by atoms with E-state index in [2.05, 4.69) is 15.3 Å². The fourth-order valence-electron chi connectivity index (χ4n) is 1.32. The Kier molecular flexibility index (Phi) is 2.35. The van der Waals surface area contributed by atoms with Crippen LogP contribution in [0, 0.1) is 13.8 Å². The fourth-order valence-corrected chi connectivity index (χ4v) is 1.65. The van der Waals surface area contributed by atoms with E-state index < -0.39 is 0 Å². The van der Waals surface area contributed by atoms with Gasteiger partial charge in [0.25, 0.3) is 0 Å². The van der Waals surface area contributed by atoms with Gasteiger partial charge in [-0.2, -0.15) is 0 Å². The van der Waals surface area contributed by atoms with E-state index in [1.165, 1.54) is 0 Å². The van der Waals surface area contributed by atoms with Crippen LogP contribution in [0.5, 0.6) is 0 Å². The Morgan fingerprint density at radius 3 is 2.64 bits per heavy atom. The smallest absolute Gasteiger partial charge is 0.145 e. The molecule has 1 fully saturated rings. The monoisotopic (exact) mass is 211 g/mol. The van der Waals surface area contributed by atoms with Crippen LogP contribution in [-0.2, 0) is 0 Å². The van der Waals surface area contributed by atoms with Crippen LogP contribution >= 0.6 is 11.6 Å². The Balaban J connectivity index is 2.14. The van der Waals surface area contributed by atoms with Gasteiger partial charge in [0.05, 0.1) is 23.1 Å². The molecular weight excluding hydrogens is 198 g/mol. The molecule has 1 aromatic heterocycles. The Labute approximate surface area is 88.9 Å². The molecule has 1 aliphatic rings. The highest BCUT2D eigenvalue weighted by molar-refractivity contribution is 6.19. The molecule has 1 aliphatic carbocycles. The maximum absolute atomic E-state index is 5.87. The molecule has 1 N–H and O–H groups in total. The Hall–Kier alpha value is -0.830. The molecule has 2 rings (SSSR count). The highest BCUT2D eigenvalue weighted by Crippen LogP contribution is 2.39. The molecule has 0 bridgehead atoms. The standard InChI is InChI=1S/C10H14ClN3/c1-7-8(2)13-9(5-12-7)14-10(6-11)3-4-10/h5H,3-4,6H2,1-2H3,(H,13,14). The number of rotatable bonds is 3. The lowest BCUT2D eigenvalue weighted by Crippen LogP contribution is -2.24. The van der Waals surface area contributed by atoms with Gasteiger partial charge in [0.2, 0.25) is 0 Å². The highest BCUT2D eigenvalue weighted by atomic mass is 35.5. The summed E-state index contributed by atoms with van der Waals surface area (Å²) in [7, 11) is 0. The van der Waals surface area contributed by atoms with Crippen LogP contribution in [0.15, 0.2) is 6.20 Å². The quantitative estimate of drug-likeness (QED) is 0.780. The van der Waals surface area contributed by atoms with Crippen molar-refractivity contribution in [2.24, 2.45) is 0 Å². The molecule has 1 heterocycles. The van der Waals surface area contributed by atoms with Gasteiger partial charge < -0.3 is 5.32 Å². The van der Waals surface area contributed by atoms with Gasteiger partial charge in [-0.25, -0.2) is 4.98 Å². The number of hydrogen-bond donors (Lipinski definition) is 1. The molecule has 0 amide bonds. The summed E-state index contributed by atoms with van der Waals surface area (Å²) in [5, 5.41) is 3.34. The molecule has 76 valence electrons. The fraction of sp³-hybridized carbons (Fsp3) is 0.600. The number of aryl methyl sites for hydroxylation is 2. The van der Waals surface area contributed by atoms with Crippen molar-refractivity contribution in [2.75, 3.05) is 11.2 Å². The third-order valence-electron chi connectivity index (χ3n) is 2.69. The number of alkyl halides is 1. The van der Waals surface area contributed by atoms with E-state index in [1.807, 2.05) is 13.8 Å². The second-order valence-electron chi connectivity index (χ2n) is 3.97. The van der Waals surface area contributed by atoms with Gasteiger partial charge in [-0.15, -0.1) is 11.6 Å². The summed E-state index contributed by atoms with van der Waals surface area (Å²) in [5.74, 6) is 1.48. The number of hydrogen-bond acceptors (Lipinski definition) is 3. The largest absolute Gasteiger partial charge is 0.362 e. The highest BCUT2D eigenvalue weighted by Gasteiger charge is 2.42. The van der Waals surface area contributed by atoms with Crippen molar-refractivity contribution in [1.82, 2.24) is 9.97 Å². The molecule has 0 aromatic carbocycles. The third-order valence-corrected chi connectivity index (χ3v) is 3.21. The molecule has 14 heavy (non-hydrogen) atoms. The van der Waals surface area contributed by atoms with E-state index in [9.17, 15) is 0 Å². The minimum absolute atomic E-state index is 0.0952. The molecule has 3 nitrogen and oxygen atoms in total. The van der Waals surface area contributed by atoms with Crippen molar-refractivity contribution in [3.05, 3.63) is 17.6 Å². The van der Waals surface area contributed by atoms with Gasteiger partial charge >= 0.3 is 0 Å². The Bertz CT molecular complexity index is 347. The molecule has 0 aliphatic heterocycles. The van der Waals surface area contributed by atoms with Crippen molar-refractivity contribution in [1.29, 1.82) is 0 Å². The molecule has 0 atom stereocenters. The topological polar surface area (TPSA) is 37.8 Å². The molecule has 0 spiro atoms. The molecule has 0 radical (unpaired) electrons. The summed E-state index contributed by atoms with van der Waals surface area (Å²) in [4.78, 5) is 8.67. The van der Waals surface area contributed by atoms with E-state index in [-0.39, 0.29) is 5.54 Å². The van der Waals surface area contributed by atoms with E-state index >= 15 is 0 Å². The van der Waals surface area contributed by atoms with Gasteiger partial charge in [0.1, 0.15) is 5.82 Å². The second kappa shape index (κ2) is 3.39. The minimum atomic E-state index is 0.0952. The third kappa shape index (κ3) is 1.82. The average molecular weight is 212 g/mol. The first-order chi connectivity index (χ1) is 6.65. The predicted molar refractivity (Wildman–Crippen MR) is 57.8 cm³/mol.